The van der Waals surface area contributed by atoms with Crippen LogP contribution in [0.3, 0.4) is 0 Å². The van der Waals surface area contributed by atoms with Crippen molar-refractivity contribution in [1.82, 2.24) is 0 Å². The Morgan fingerprint density at radius 1 is 1.03 bits per heavy atom. The average molecular weight is 420 g/mol. The maximum Gasteiger partial charge on any atom is 0.270 e. The summed E-state index contributed by atoms with van der Waals surface area (Å²) in [7, 11) is 0. The number of hydrogen-bond donors (Lipinski definition) is 1. The summed E-state index contributed by atoms with van der Waals surface area (Å²) in [5, 5.41) is 27.7. The van der Waals surface area contributed by atoms with E-state index in [1.165, 1.54) is 18.2 Å². The fourth-order valence-corrected chi connectivity index (χ4v) is 3.41. The van der Waals surface area contributed by atoms with Crippen molar-refractivity contribution in [2.24, 2.45) is 0 Å². The Bertz CT molecular complexity index is 1170. The molecule has 152 valence electrons. The predicted octanol–water partition coefficient (Wildman–Crippen LogP) is 3.93. The van der Waals surface area contributed by atoms with Crippen LogP contribution in [0, 0.1) is 30.9 Å². The van der Waals surface area contributed by atoms with E-state index in [4.69, 9.17) is 12.2 Å². The predicted molar refractivity (Wildman–Crippen MR) is 120 cm³/mol. The number of nitrogens with zero attached hydrogens (tertiary/aromatic N) is 2. The van der Waals surface area contributed by atoms with Gasteiger partial charge >= 0.3 is 0 Å². The van der Waals surface area contributed by atoms with Gasteiger partial charge in [0, 0.05) is 29.4 Å². The van der Waals surface area contributed by atoms with Crippen LogP contribution in [0.2, 0.25) is 0 Å². The lowest BCUT2D eigenvalue weighted by Gasteiger charge is -2.18. The standard InChI is InChI=1S/C23H21N3O3S/c1-15-9-10-20(17(3)12-15)24-23(30)21(25-11-5-6-16(2)14-25)22(27)18-7-4-8-19(13-18)26(28)29/h4-14H,1-3H3,(H-,24,27,30). The molecule has 0 unspecified atom stereocenters. The SMILES string of the molecule is Cc1ccc(NC(=S)C(=C([O-])c2cccc([N+](=O)[O-])c2)[n+]2cccc(C)c2)c(C)c1. The molecule has 0 bridgehead atoms. The number of benzene rings is 2. The van der Waals surface area contributed by atoms with E-state index < -0.39 is 10.7 Å². The third-order valence-corrected chi connectivity index (χ3v) is 4.88. The van der Waals surface area contributed by atoms with Gasteiger partial charge in [0.25, 0.3) is 5.69 Å². The number of nitro groups is 1. The smallest absolute Gasteiger partial charge is 0.270 e. The van der Waals surface area contributed by atoms with Crippen LogP contribution in [0.25, 0.3) is 11.5 Å². The highest BCUT2D eigenvalue weighted by molar-refractivity contribution is 7.81. The molecule has 0 amide bonds. The Balaban J connectivity index is 2.13. The number of aryl methyl sites for hydroxylation is 3. The first-order valence-corrected chi connectivity index (χ1v) is 9.70. The summed E-state index contributed by atoms with van der Waals surface area (Å²) in [5.74, 6) is -0.406. The second kappa shape index (κ2) is 8.84. The van der Waals surface area contributed by atoms with E-state index in [1.54, 1.807) is 23.0 Å². The monoisotopic (exact) mass is 419 g/mol. The molecule has 0 aliphatic carbocycles. The van der Waals surface area contributed by atoms with Gasteiger partial charge in [-0.15, -0.1) is 0 Å². The molecule has 30 heavy (non-hydrogen) atoms. The molecular weight excluding hydrogens is 398 g/mol. The molecule has 0 saturated heterocycles. The Hall–Kier alpha value is -3.58. The molecule has 1 heterocycles. The highest BCUT2D eigenvalue weighted by Gasteiger charge is 2.20. The van der Waals surface area contributed by atoms with Crippen LogP contribution in [0.1, 0.15) is 22.3 Å². The van der Waals surface area contributed by atoms with Crippen molar-refractivity contribution in [3.05, 3.63) is 99.4 Å². The molecule has 0 radical (unpaired) electrons. The van der Waals surface area contributed by atoms with Crippen molar-refractivity contribution in [3.8, 4) is 0 Å². The van der Waals surface area contributed by atoms with E-state index in [1.807, 2.05) is 51.1 Å². The second-order valence-electron chi connectivity index (χ2n) is 7.05. The normalized spacial score (nSPS) is 11.6. The van der Waals surface area contributed by atoms with E-state index in [2.05, 4.69) is 5.32 Å². The number of hydrogen-bond acceptors (Lipinski definition) is 4. The van der Waals surface area contributed by atoms with Crippen LogP contribution in [0.4, 0.5) is 11.4 Å². The molecule has 0 saturated carbocycles. The van der Waals surface area contributed by atoms with Crippen LogP contribution in [0.15, 0.2) is 67.0 Å². The minimum atomic E-state index is -0.525. The Morgan fingerprint density at radius 3 is 2.47 bits per heavy atom. The van der Waals surface area contributed by atoms with Crippen molar-refractivity contribution in [2.45, 2.75) is 20.8 Å². The number of non-ortho nitro benzene ring substituents is 1. The lowest BCUT2D eigenvalue weighted by atomic mass is 10.1. The van der Waals surface area contributed by atoms with Crippen LogP contribution in [0.5, 0.6) is 0 Å². The first-order chi connectivity index (χ1) is 14.3. The Labute approximate surface area is 180 Å². The number of anilines is 1. The van der Waals surface area contributed by atoms with E-state index in [0.717, 1.165) is 22.4 Å². The van der Waals surface area contributed by atoms with Gasteiger partial charge in [-0.1, -0.05) is 42.0 Å². The molecule has 1 N–H and O–H groups in total. The molecule has 0 aliphatic rings. The molecule has 7 heteroatoms. The van der Waals surface area contributed by atoms with Crippen molar-refractivity contribution in [1.29, 1.82) is 0 Å². The summed E-state index contributed by atoms with van der Waals surface area (Å²) >= 11 is 5.61. The molecule has 0 aliphatic heterocycles. The van der Waals surface area contributed by atoms with Gasteiger partial charge in [-0.2, -0.15) is 4.57 Å². The first kappa shape index (κ1) is 21.1. The highest BCUT2D eigenvalue weighted by atomic mass is 32.1. The van der Waals surface area contributed by atoms with Crippen molar-refractivity contribution in [2.75, 3.05) is 5.32 Å². The lowest BCUT2D eigenvalue weighted by Crippen LogP contribution is -2.40. The number of pyridine rings is 1. The third-order valence-electron chi connectivity index (χ3n) is 4.59. The van der Waals surface area contributed by atoms with Crippen molar-refractivity contribution >= 4 is 40.0 Å². The molecule has 1 aromatic heterocycles. The van der Waals surface area contributed by atoms with Gasteiger partial charge in [0.1, 0.15) is 0 Å². The number of aromatic nitrogens is 1. The maximum absolute atomic E-state index is 13.4. The molecule has 3 aromatic rings. The van der Waals surface area contributed by atoms with Crippen LogP contribution in [-0.4, -0.2) is 9.91 Å². The third kappa shape index (κ3) is 4.69. The Morgan fingerprint density at radius 2 is 1.80 bits per heavy atom. The first-order valence-electron chi connectivity index (χ1n) is 9.29. The van der Waals surface area contributed by atoms with Gasteiger partial charge in [0.15, 0.2) is 17.4 Å². The van der Waals surface area contributed by atoms with Gasteiger partial charge in [-0.05, 0) is 49.8 Å². The van der Waals surface area contributed by atoms with E-state index in [0.29, 0.717) is 0 Å². The molecule has 3 rings (SSSR count). The van der Waals surface area contributed by atoms with Crippen LogP contribution in [-0.2, 0) is 0 Å². The fourth-order valence-electron chi connectivity index (χ4n) is 3.10. The molecule has 6 nitrogen and oxygen atoms in total. The summed E-state index contributed by atoms with van der Waals surface area (Å²) in [4.78, 5) is 10.8. The second-order valence-corrected chi connectivity index (χ2v) is 7.45. The summed E-state index contributed by atoms with van der Waals surface area (Å²) < 4.78 is 1.65. The molecule has 0 fully saturated rings. The minimum Gasteiger partial charge on any atom is -0.867 e. The lowest BCUT2D eigenvalue weighted by molar-refractivity contribution is -0.578. The topological polar surface area (TPSA) is 82.1 Å². The van der Waals surface area contributed by atoms with E-state index in [9.17, 15) is 15.2 Å². The summed E-state index contributed by atoms with van der Waals surface area (Å²) in [5.41, 5.74) is 4.11. The van der Waals surface area contributed by atoms with Crippen LogP contribution < -0.4 is 15.0 Å². The van der Waals surface area contributed by atoms with Crippen LogP contribution >= 0.6 is 12.2 Å². The zero-order valence-electron chi connectivity index (χ0n) is 16.9. The number of nitrogens with one attached hydrogen (secondary N) is 1. The molecule has 2 aromatic carbocycles. The number of nitro benzene ring substituents is 1. The van der Waals surface area contributed by atoms with Gasteiger partial charge < -0.3 is 10.4 Å². The van der Waals surface area contributed by atoms with Gasteiger partial charge in [0.05, 0.1) is 4.92 Å². The van der Waals surface area contributed by atoms with E-state index in [-0.39, 0.29) is 21.9 Å². The number of thiocarbonyl (C=S) groups is 1. The fraction of sp³-hybridized carbons (Fsp3) is 0.130. The summed E-state index contributed by atoms with van der Waals surface area (Å²) in [6, 6.07) is 15.3. The van der Waals surface area contributed by atoms with Crippen molar-refractivity contribution < 1.29 is 14.6 Å². The quantitative estimate of drug-likeness (QED) is 0.169. The maximum atomic E-state index is 13.4. The summed E-state index contributed by atoms with van der Waals surface area (Å²) in [6.45, 7) is 5.87. The largest absolute Gasteiger partial charge is 0.867 e. The average Bonchev–Trinajstić information content (AvgIpc) is 2.70. The van der Waals surface area contributed by atoms with E-state index >= 15 is 0 Å². The molecule has 0 atom stereocenters. The van der Waals surface area contributed by atoms with Gasteiger partial charge in [-0.25, -0.2) is 0 Å². The van der Waals surface area contributed by atoms with Gasteiger partial charge in [-0.3, -0.25) is 10.1 Å². The van der Waals surface area contributed by atoms with Crippen molar-refractivity contribution in [3.63, 3.8) is 0 Å². The minimum absolute atomic E-state index is 0.150. The van der Waals surface area contributed by atoms with Gasteiger partial charge in [0.2, 0.25) is 5.70 Å². The zero-order valence-corrected chi connectivity index (χ0v) is 17.7. The molecular formula is C23H21N3O3S. The number of rotatable bonds is 5. The molecule has 0 spiro atoms. The summed E-state index contributed by atoms with van der Waals surface area (Å²) in [6.07, 6.45) is 3.52. The zero-order chi connectivity index (χ0) is 21.8. The highest BCUT2D eigenvalue weighted by Crippen LogP contribution is 2.22. The Kier molecular flexibility index (Phi) is 6.23.